The van der Waals surface area contributed by atoms with Crippen LogP contribution in [0.5, 0.6) is 0 Å². The molecular formula is C8H14BrN3S. The third-order valence-electron chi connectivity index (χ3n) is 1.13. The monoisotopic (exact) mass is 263 g/mol. The number of thioether (sulfide) groups is 1. The van der Waals surface area contributed by atoms with Gasteiger partial charge in [0.25, 0.3) is 0 Å². The molecule has 0 heterocycles. The Balaban J connectivity index is 4.62. The van der Waals surface area contributed by atoms with Gasteiger partial charge in [-0.15, -0.1) is 0 Å². The van der Waals surface area contributed by atoms with E-state index < -0.39 is 0 Å². The predicted molar refractivity (Wildman–Crippen MR) is 65.8 cm³/mol. The van der Waals surface area contributed by atoms with Crippen LogP contribution < -0.4 is 0 Å². The Hall–Kier alpha value is -0.160. The molecule has 0 radical (unpaired) electrons. The van der Waals surface area contributed by atoms with Gasteiger partial charge in [0.2, 0.25) is 0 Å². The zero-order chi connectivity index (χ0) is 10.4. The fourth-order valence-corrected chi connectivity index (χ4v) is 1.17. The zero-order valence-corrected chi connectivity index (χ0v) is 10.7. The molecule has 13 heavy (non-hydrogen) atoms. The molecule has 0 aromatic carbocycles. The van der Waals surface area contributed by atoms with Gasteiger partial charge in [-0.3, -0.25) is 10.4 Å². The third-order valence-corrected chi connectivity index (χ3v) is 2.27. The molecule has 74 valence electrons. The summed E-state index contributed by atoms with van der Waals surface area (Å²) >= 11 is 4.54. The fourth-order valence-electron chi connectivity index (χ4n) is 0.541. The van der Waals surface area contributed by atoms with E-state index in [1.807, 2.05) is 20.1 Å². The van der Waals surface area contributed by atoms with Crippen LogP contribution in [-0.4, -0.2) is 27.8 Å². The highest BCUT2D eigenvalue weighted by Crippen LogP contribution is 2.04. The fraction of sp³-hybridized carbons (Fsp3) is 0.625. The maximum atomic E-state index is 7.27. The van der Waals surface area contributed by atoms with Crippen molar-refractivity contribution in [3.63, 3.8) is 0 Å². The first-order valence-electron chi connectivity index (χ1n) is 3.89. The van der Waals surface area contributed by atoms with E-state index in [0.717, 1.165) is 5.17 Å². The standard InChI is InChI=1S/C8H14BrN3S/c1-5(2)11-8(13-4)12-6(3)7(9)10/h5,10H,1-4H3. The summed E-state index contributed by atoms with van der Waals surface area (Å²) in [6.45, 7) is 5.78. The van der Waals surface area contributed by atoms with E-state index in [1.165, 1.54) is 11.8 Å². The van der Waals surface area contributed by atoms with Gasteiger partial charge in [0.05, 0.1) is 5.71 Å². The summed E-state index contributed by atoms with van der Waals surface area (Å²) in [5.41, 5.74) is 0.647. The molecule has 1 N–H and O–H groups in total. The quantitative estimate of drug-likeness (QED) is 0.605. The van der Waals surface area contributed by atoms with Crippen molar-refractivity contribution in [2.75, 3.05) is 6.26 Å². The van der Waals surface area contributed by atoms with Crippen molar-refractivity contribution in [1.29, 1.82) is 5.41 Å². The summed E-state index contributed by atoms with van der Waals surface area (Å²) in [6.07, 6.45) is 1.93. The van der Waals surface area contributed by atoms with Crippen molar-refractivity contribution < 1.29 is 0 Å². The number of nitrogens with zero attached hydrogens (tertiary/aromatic N) is 2. The van der Waals surface area contributed by atoms with Crippen LogP contribution in [0, 0.1) is 5.41 Å². The maximum Gasteiger partial charge on any atom is 0.183 e. The van der Waals surface area contributed by atoms with Crippen molar-refractivity contribution >= 4 is 43.2 Å². The van der Waals surface area contributed by atoms with Gasteiger partial charge in [0.15, 0.2) is 5.17 Å². The van der Waals surface area contributed by atoms with Crippen LogP contribution in [-0.2, 0) is 0 Å². The van der Waals surface area contributed by atoms with Gasteiger partial charge in [-0.2, -0.15) is 0 Å². The lowest BCUT2D eigenvalue weighted by Crippen LogP contribution is -2.04. The van der Waals surface area contributed by atoms with Crippen molar-refractivity contribution in [2.24, 2.45) is 9.98 Å². The Morgan fingerprint density at radius 3 is 2.31 bits per heavy atom. The molecule has 0 fully saturated rings. The van der Waals surface area contributed by atoms with Gasteiger partial charge >= 0.3 is 0 Å². The molecule has 5 heteroatoms. The van der Waals surface area contributed by atoms with Crippen molar-refractivity contribution in [3.8, 4) is 0 Å². The van der Waals surface area contributed by atoms with E-state index in [9.17, 15) is 0 Å². The number of rotatable bonds is 2. The van der Waals surface area contributed by atoms with E-state index >= 15 is 0 Å². The first kappa shape index (κ1) is 12.8. The lowest BCUT2D eigenvalue weighted by molar-refractivity contribution is 0.838. The maximum absolute atomic E-state index is 7.27. The molecule has 0 unspecified atom stereocenters. The molecular weight excluding hydrogens is 250 g/mol. The summed E-state index contributed by atoms with van der Waals surface area (Å²) in [6, 6.07) is 0.239. The zero-order valence-electron chi connectivity index (χ0n) is 8.26. The molecule has 0 atom stereocenters. The summed E-state index contributed by atoms with van der Waals surface area (Å²) in [4.78, 5) is 8.49. The second kappa shape index (κ2) is 6.32. The summed E-state index contributed by atoms with van der Waals surface area (Å²) in [7, 11) is 0. The second-order valence-electron chi connectivity index (χ2n) is 2.72. The van der Waals surface area contributed by atoms with Crippen LogP contribution in [0.25, 0.3) is 0 Å². The average Bonchev–Trinajstić information content (AvgIpc) is 2.02. The topological polar surface area (TPSA) is 48.6 Å². The van der Waals surface area contributed by atoms with Crippen molar-refractivity contribution in [2.45, 2.75) is 26.8 Å². The Labute approximate surface area is 91.8 Å². The third kappa shape index (κ3) is 5.99. The second-order valence-corrected chi connectivity index (χ2v) is 4.29. The minimum absolute atomic E-state index is 0.239. The Morgan fingerprint density at radius 2 is 2.00 bits per heavy atom. The molecule has 0 aliphatic carbocycles. The molecule has 0 aromatic rings. The lowest BCUT2D eigenvalue weighted by Gasteiger charge is -2.01. The van der Waals surface area contributed by atoms with E-state index in [4.69, 9.17) is 5.41 Å². The van der Waals surface area contributed by atoms with E-state index in [0.29, 0.717) is 10.3 Å². The largest absolute Gasteiger partial charge is 0.292 e. The highest BCUT2D eigenvalue weighted by atomic mass is 79.9. The summed E-state index contributed by atoms with van der Waals surface area (Å²) in [5.74, 6) is 0. The van der Waals surface area contributed by atoms with Crippen LogP contribution in [0.2, 0.25) is 0 Å². The van der Waals surface area contributed by atoms with Gasteiger partial charge in [0.1, 0.15) is 4.62 Å². The first-order valence-corrected chi connectivity index (χ1v) is 5.90. The number of nitrogens with one attached hydrogen (secondary N) is 1. The smallest absolute Gasteiger partial charge is 0.183 e. The Kier molecular flexibility index (Phi) is 6.24. The highest BCUT2D eigenvalue weighted by molar-refractivity contribution is 9.19. The number of aliphatic imine (C=N–C) groups is 2. The van der Waals surface area contributed by atoms with E-state index in [1.54, 1.807) is 6.92 Å². The van der Waals surface area contributed by atoms with Crippen molar-refractivity contribution in [1.82, 2.24) is 0 Å². The van der Waals surface area contributed by atoms with Gasteiger partial charge in [-0.1, -0.05) is 11.8 Å². The molecule has 0 saturated carbocycles. The molecule has 0 aliphatic rings. The molecule has 0 spiro atoms. The number of halogens is 1. The van der Waals surface area contributed by atoms with Gasteiger partial charge < -0.3 is 0 Å². The van der Waals surface area contributed by atoms with E-state index in [-0.39, 0.29) is 6.04 Å². The number of hydrogen-bond acceptors (Lipinski definition) is 3. The summed E-state index contributed by atoms with van der Waals surface area (Å²) < 4.78 is 0.304. The SMILES string of the molecule is CSC(=NC(C)C)N=C(C)C(=N)Br. The Morgan fingerprint density at radius 1 is 1.46 bits per heavy atom. The van der Waals surface area contributed by atoms with Crippen LogP contribution in [0.15, 0.2) is 9.98 Å². The number of hydrogen-bond donors (Lipinski definition) is 1. The Bertz CT molecular complexity index is 246. The van der Waals surface area contributed by atoms with Crippen LogP contribution in [0.4, 0.5) is 0 Å². The molecule has 0 rings (SSSR count). The highest BCUT2D eigenvalue weighted by Gasteiger charge is 2.00. The molecule has 0 aliphatic heterocycles. The molecule has 0 bridgehead atoms. The minimum Gasteiger partial charge on any atom is -0.292 e. The number of amidine groups is 1. The van der Waals surface area contributed by atoms with Crippen LogP contribution in [0.3, 0.4) is 0 Å². The first-order chi connectivity index (χ1) is 5.97. The van der Waals surface area contributed by atoms with Gasteiger partial charge in [-0.25, -0.2) is 4.99 Å². The van der Waals surface area contributed by atoms with Gasteiger partial charge in [-0.05, 0) is 43.0 Å². The molecule has 0 saturated heterocycles. The lowest BCUT2D eigenvalue weighted by atomic mass is 10.4. The summed E-state index contributed by atoms with van der Waals surface area (Å²) in [5, 5.41) is 7.99. The molecule has 0 aromatic heterocycles. The van der Waals surface area contributed by atoms with Crippen LogP contribution in [0.1, 0.15) is 20.8 Å². The van der Waals surface area contributed by atoms with E-state index in [2.05, 4.69) is 25.9 Å². The van der Waals surface area contributed by atoms with Crippen molar-refractivity contribution in [3.05, 3.63) is 0 Å². The predicted octanol–water partition coefficient (Wildman–Crippen LogP) is 2.95. The average molecular weight is 264 g/mol. The molecule has 3 nitrogen and oxygen atoms in total. The normalized spacial score (nSPS) is 13.7. The minimum atomic E-state index is 0.239. The van der Waals surface area contributed by atoms with Crippen LogP contribution >= 0.6 is 27.7 Å². The molecule has 0 amide bonds. The van der Waals surface area contributed by atoms with Gasteiger partial charge in [0, 0.05) is 6.04 Å².